The van der Waals surface area contributed by atoms with Crippen LogP contribution >= 0.6 is 0 Å². The van der Waals surface area contributed by atoms with Crippen molar-refractivity contribution in [2.24, 2.45) is 0 Å². The van der Waals surface area contributed by atoms with Crippen LogP contribution < -0.4 is 5.32 Å². The molecule has 1 aliphatic heterocycles. The van der Waals surface area contributed by atoms with Gasteiger partial charge >= 0.3 is 0 Å². The summed E-state index contributed by atoms with van der Waals surface area (Å²) >= 11 is 0. The van der Waals surface area contributed by atoms with Gasteiger partial charge in [-0.15, -0.1) is 0 Å². The highest BCUT2D eigenvalue weighted by atomic mass is 15.1. The van der Waals surface area contributed by atoms with Crippen LogP contribution in [0.1, 0.15) is 52.0 Å². The Bertz CT molecular complexity index is 384. The van der Waals surface area contributed by atoms with Crippen LogP contribution in [0, 0.1) is 0 Å². The number of hydrogen-bond donors (Lipinski definition) is 1. The number of anilines is 1. The average molecular weight is 275 g/mol. The number of nitrogens with one attached hydrogen (secondary N) is 1. The molecule has 112 valence electrons. The van der Waals surface area contributed by atoms with E-state index in [4.69, 9.17) is 0 Å². The number of likely N-dealkylation sites (tertiary alicyclic amines) is 1. The Morgan fingerprint density at radius 3 is 2.35 bits per heavy atom. The average Bonchev–Trinajstić information content (AvgIpc) is 2.67. The number of hydrogen-bond acceptors (Lipinski definition) is 3. The number of pyridine rings is 1. The van der Waals surface area contributed by atoms with Gasteiger partial charge in [-0.2, -0.15) is 0 Å². The maximum absolute atomic E-state index is 4.52. The minimum atomic E-state index is 0.178. The first kappa shape index (κ1) is 15.3. The van der Waals surface area contributed by atoms with Crippen molar-refractivity contribution in [3.8, 4) is 0 Å². The summed E-state index contributed by atoms with van der Waals surface area (Å²) in [6, 6.07) is 4.28. The second-order valence-corrected chi connectivity index (χ2v) is 6.86. The van der Waals surface area contributed by atoms with E-state index in [2.05, 4.69) is 48.1 Å². The van der Waals surface area contributed by atoms with Crippen molar-refractivity contribution >= 4 is 5.82 Å². The van der Waals surface area contributed by atoms with Gasteiger partial charge < -0.3 is 10.2 Å². The molecule has 0 aromatic carbocycles. The summed E-state index contributed by atoms with van der Waals surface area (Å²) in [5.41, 5.74) is 1.47. The molecule has 0 aliphatic carbocycles. The van der Waals surface area contributed by atoms with Crippen LogP contribution in [-0.2, 0) is 5.41 Å². The highest BCUT2D eigenvalue weighted by Gasteiger charge is 2.13. The van der Waals surface area contributed by atoms with Crippen LogP contribution in [-0.4, -0.2) is 36.1 Å². The highest BCUT2D eigenvalue weighted by Crippen LogP contribution is 2.21. The molecule has 1 aromatic heterocycles. The van der Waals surface area contributed by atoms with E-state index in [1.165, 1.54) is 44.3 Å². The fraction of sp³-hybridized carbons (Fsp3) is 0.706. The van der Waals surface area contributed by atoms with Crippen molar-refractivity contribution in [1.82, 2.24) is 9.88 Å². The molecule has 0 saturated carbocycles. The Morgan fingerprint density at radius 2 is 1.80 bits per heavy atom. The second-order valence-electron chi connectivity index (χ2n) is 6.86. The zero-order chi connectivity index (χ0) is 14.4. The molecule has 1 saturated heterocycles. The molecule has 1 aromatic rings. The molecular formula is C17H29N3. The van der Waals surface area contributed by atoms with E-state index >= 15 is 0 Å². The van der Waals surface area contributed by atoms with Crippen molar-refractivity contribution in [2.45, 2.75) is 51.9 Å². The van der Waals surface area contributed by atoms with Gasteiger partial charge in [-0.3, -0.25) is 0 Å². The fourth-order valence-corrected chi connectivity index (χ4v) is 2.64. The molecule has 3 nitrogen and oxygen atoms in total. The lowest BCUT2D eigenvalue weighted by Crippen LogP contribution is -2.30. The van der Waals surface area contributed by atoms with E-state index in [1.54, 1.807) is 0 Å². The Kier molecular flexibility index (Phi) is 5.41. The van der Waals surface area contributed by atoms with E-state index in [9.17, 15) is 0 Å². The largest absolute Gasteiger partial charge is 0.369 e. The summed E-state index contributed by atoms with van der Waals surface area (Å²) in [6.45, 7) is 11.3. The topological polar surface area (TPSA) is 28.2 Å². The van der Waals surface area contributed by atoms with Crippen molar-refractivity contribution in [3.05, 3.63) is 23.9 Å². The lowest BCUT2D eigenvalue weighted by atomic mass is 9.88. The molecule has 0 radical (unpaired) electrons. The normalized spacial score (nSPS) is 17.8. The second kappa shape index (κ2) is 7.07. The summed E-state index contributed by atoms with van der Waals surface area (Å²) in [7, 11) is 0. The highest BCUT2D eigenvalue weighted by molar-refractivity contribution is 5.37. The van der Waals surface area contributed by atoms with Crippen molar-refractivity contribution in [2.75, 3.05) is 31.5 Å². The van der Waals surface area contributed by atoms with Crippen LogP contribution in [0.5, 0.6) is 0 Å². The van der Waals surface area contributed by atoms with E-state index in [-0.39, 0.29) is 5.41 Å². The van der Waals surface area contributed by atoms with Crippen LogP contribution in [0.4, 0.5) is 5.82 Å². The molecule has 0 spiro atoms. The zero-order valence-electron chi connectivity index (χ0n) is 13.3. The lowest BCUT2D eigenvalue weighted by Gasteiger charge is -2.20. The maximum atomic E-state index is 4.52. The van der Waals surface area contributed by atoms with Gasteiger partial charge in [-0.1, -0.05) is 39.7 Å². The predicted molar refractivity (Wildman–Crippen MR) is 86.3 cm³/mol. The van der Waals surface area contributed by atoms with Crippen LogP contribution in [0.15, 0.2) is 18.3 Å². The monoisotopic (exact) mass is 275 g/mol. The van der Waals surface area contributed by atoms with E-state index in [0.717, 1.165) is 18.9 Å². The molecule has 0 amide bonds. The molecule has 0 atom stereocenters. The minimum Gasteiger partial charge on any atom is -0.369 e. The molecule has 0 unspecified atom stereocenters. The Balaban J connectivity index is 1.76. The fourth-order valence-electron chi connectivity index (χ4n) is 2.64. The zero-order valence-corrected chi connectivity index (χ0v) is 13.3. The van der Waals surface area contributed by atoms with E-state index in [0.29, 0.717) is 0 Å². The first-order valence-corrected chi connectivity index (χ1v) is 7.98. The van der Waals surface area contributed by atoms with Crippen molar-refractivity contribution in [1.29, 1.82) is 0 Å². The van der Waals surface area contributed by atoms with Gasteiger partial charge in [0.1, 0.15) is 5.82 Å². The third-order valence-electron chi connectivity index (χ3n) is 4.06. The molecule has 3 heteroatoms. The molecule has 0 bridgehead atoms. The van der Waals surface area contributed by atoms with Gasteiger partial charge in [-0.25, -0.2) is 4.98 Å². The SMILES string of the molecule is CC(C)(C)c1ccc(NCCN2CCCCCC2)nc1. The number of aromatic nitrogens is 1. The molecule has 1 N–H and O–H groups in total. The molecule has 2 heterocycles. The molecule has 1 fully saturated rings. The maximum Gasteiger partial charge on any atom is 0.125 e. The molecular weight excluding hydrogens is 246 g/mol. The standard InChI is InChI=1S/C17H29N3/c1-17(2,3)15-8-9-16(19-14-15)18-10-13-20-11-6-4-5-7-12-20/h8-9,14H,4-7,10-13H2,1-3H3,(H,18,19). The third kappa shape index (κ3) is 4.78. The summed E-state index contributed by atoms with van der Waals surface area (Å²) in [4.78, 5) is 7.09. The quantitative estimate of drug-likeness (QED) is 0.909. The number of nitrogens with zero attached hydrogens (tertiary/aromatic N) is 2. The van der Waals surface area contributed by atoms with Crippen molar-refractivity contribution in [3.63, 3.8) is 0 Å². The smallest absolute Gasteiger partial charge is 0.125 e. The molecule has 2 rings (SSSR count). The Hall–Kier alpha value is -1.09. The molecule has 1 aliphatic rings. The van der Waals surface area contributed by atoms with Crippen LogP contribution in [0.3, 0.4) is 0 Å². The van der Waals surface area contributed by atoms with Gasteiger partial charge in [0, 0.05) is 19.3 Å². The van der Waals surface area contributed by atoms with Crippen LogP contribution in [0.2, 0.25) is 0 Å². The minimum absolute atomic E-state index is 0.178. The summed E-state index contributed by atoms with van der Waals surface area (Å²) in [6.07, 6.45) is 7.52. The Labute approximate surface area is 123 Å². The van der Waals surface area contributed by atoms with Gasteiger partial charge in [0.25, 0.3) is 0 Å². The van der Waals surface area contributed by atoms with E-state index in [1.807, 2.05) is 6.20 Å². The van der Waals surface area contributed by atoms with Gasteiger partial charge in [0.2, 0.25) is 0 Å². The third-order valence-corrected chi connectivity index (χ3v) is 4.06. The van der Waals surface area contributed by atoms with Gasteiger partial charge in [0.15, 0.2) is 0 Å². The van der Waals surface area contributed by atoms with Gasteiger partial charge in [0.05, 0.1) is 0 Å². The number of rotatable bonds is 4. The van der Waals surface area contributed by atoms with Crippen molar-refractivity contribution < 1.29 is 0 Å². The first-order chi connectivity index (χ1) is 9.55. The first-order valence-electron chi connectivity index (χ1n) is 7.98. The summed E-state index contributed by atoms with van der Waals surface area (Å²) in [5, 5.41) is 3.44. The predicted octanol–water partition coefficient (Wildman–Crippen LogP) is 3.67. The van der Waals surface area contributed by atoms with Crippen LogP contribution in [0.25, 0.3) is 0 Å². The summed E-state index contributed by atoms with van der Waals surface area (Å²) in [5.74, 6) is 0.993. The molecule has 20 heavy (non-hydrogen) atoms. The van der Waals surface area contributed by atoms with E-state index < -0.39 is 0 Å². The lowest BCUT2D eigenvalue weighted by molar-refractivity contribution is 0.296. The van der Waals surface area contributed by atoms with Gasteiger partial charge in [-0.05, 0) is 43.0 Å². The summed E-state index contributed by atoms with van der Waals surface area (Å²) < 4.78 is 0. The Morgan fingerprint density at radius 1 is 1.10 bits per heavy atom.